The number of carboxylic acid groups (broad SMARTS) is 1. The summed E-state index contributed by atoms with van der Waals surface area (Å²) < 4.78 is 0. The van der Waals surface area contributed by atoms with Crippen molar-refractivity contribution in [2.75, 3.05) is 6.54 Å². The van der Waals surface area contributed by atoms with Crippen molar-refractivity contribution in [3.63, 3.8) is 0 Å². The van der Waals surface area contributed by atoms with Crippen LogP contribution in [0.4, 0.5) is 4.79 Å². The number of urea groups is 1. The molecule has 1 unspecified atom stereocenters. The van der Waals surface area contributed by atoms with Crippen LogP contribution in [0.25, 0.3) is 0 Å². The van der Waals surface area contributed by atoms with E-state index in [1.165, 1.54) is 0 Å². The number of hydrogen-bond acceptors (Lipinski definition) is 4. The normalized spacial score (nSPS) is 11.4. The fourth-order valence-corrected chi connectivity index (χ4v) is 1.62. The quantitative estimate of drug-likeness (QED) is 0.519. The lowest BCUT2D eigenvalue weighted by atomic mass is 10.1. The van der Waals surface area contributed by atoms with E-state index < -0.39 is 23.9 Å². The van der Waals surface area contributed by atoms with Crippen LogP contribution >= 0.6 is 0 Å². The van der Waals surface area contributed by atoms with Crippen molar-refractivity contribution < 1.29 is 19.5 Å². The van der Waals surface area contributed by atoms with Gasteiger partial charge in [-0.15, -0.1) is 0 Å². The van der Waals surface area contributed by atoms with Gasteiger partial charge in [-0.05, 0) is 24.5 Å². The van der Waals surface area contributed by atoms with Crippen LogP contribution in [0.3, 0.4) is 0 Å². The minimum atomic E-state index is -1.21. The number of carbonyl (C=O) groups is 3. The van der Waals surface area contributed by atoms with E-state index in [0.717, 1.165) is 5.56 Å². The second kappa shape index (κ2) is 8.51. The molecule has 1 atom stereocenters. The lowest BCUT2D eigenvalue weighted by Gasteiger charge is -2.14. The molecule has 0 radical (unpaired) electrons. The van der Waals surface area contributed by atoms with Crippen LogP contribution in [0.5, 0.6) is 0 Å². The Balaban J connectivity index is 2.33. The Morgan fingerprint density at radius 1 is 1.38 bits per heavy atom. The third-order valence-corrected chi connectivity index (χ3v) is 2.70. The van der Waals surface area contributed by atoms with Gasteiger partial charge in [-0.3, -0.25) is 9.78 Å². The van der Waals surface area contributed by atoms with Crippen LogP contribution < -0.4 is 16.4 Å². The summed E-state index contributed by atoms with van der Waals surface area (Å²) in [5.74, 6) is -1.82. The molecule has 0 saturated carbocycles. The molecule has 1 aromatic heterocycles. The molecule has 1 heterocycles. The number of carbonyl (C=O) groups excluding carboxylic acids is 2. The Morgan fingerprint density at radius 3 is 2.71 bits per heavy atom. The number of hydrogen-bond donors (Lipinski definition) is 4. The lowest BCUT2D eigenvalue weighted by molar-refractivity contribution is -0.139. The second-order valence-electron chi connectivity index (χ2n) is 4.41. The van der Waals surface area contributed by atoms with E-state index in [4.69, 9.17) is 10.8 Å². The molecule has 21 heavy (non-hydrogen) atoms. The van der Waals surface area contributed by atoms with E-state index in [1.54, 1.807) is 18.5 Å². The smallest absolute Gasteiger partial charge is 0.326 e. The topological polar surface area (TPSA) is 134 Å². The van der Waals surface area contributed by atoms with Crippen LogP contribution in [-0.2, 0) is 16.0 Å². The molecule has 0 aliphatic carbocycles. The van der Waals surface area contributed by atoms with E-state index >= 15 is 0 Å². The molecule has 0 spiro atoms. The minimum Gasteiger partial charge on any atom is -0.480 e. The molecular weight excluding hydrogens is 276 g/mol. The van der Waals surface area contributed by atoms with Gasteiger partial charge < -0.3 is 21.5 Å². The number of amides is 3. The molecule has 0 aliphatic heterocycles. The largest absolute Gasteiger partial charge is 0.480 e. The van der Waals surface area contributed by atoms with Gasteiger partial charge >= 0.3 is 12.0 Å². The van der Waals surface area contributed by atoms with E-state index in [9.17, 15) is 14.4 Å². The number of nitrogens with one attached hydrogen (secondary N) is 2. The third-order valence-electron chi connectivity index (χ3n) is 2.70. The number of primary amides is 1. The molecule has 0 saturated heterocycles. The monoisotopic (exact) mass is 294 g/mol. The maximum Gasteiger partial charge on any atom is 0.326 e. The van der Waals surface area contributed by atoms with Crippen LogP contribution in [0, 0.1) is 0 Å². The van der Waals surface area contributed by atoms with Gasteiger partial charge in [0.1, 0.15) is 6.04 Å². The van der Waals surface area contributed by atoms with Crippen LogP contribution in [0.2, 0.25) is 0 Å². The molecule has 114 valence electrons. The van der Waals surface area contributed by atoms with Crippen molar-refractivity contribution >= 4 is 17.9 Å². The maximum absolute atomic E-state index is 11.6. The number of aliphatic carboxylic acids is 1. The number of nitrogens with two attached hydrogens (primary N) is 1. The zero-order chi connectivity index (χ0) is 15.7. The summed E-state index contributed by atoms with van der Waals surface area (Å²) in [4.78, 5) is 37.1. The highest BCUT2D eigenvalue weighted by Gasteiger charge is 2.20. The van der Waals surface area contributed by atoms with Crippen molar-refractivity contribution in [2.24, 2.45) is 5.73 Å². The molecule has 8 nitrogen and oxygen atoms in total. The summed E-state index contributed by atoms with van der Waals surface area (Å²) in [6, 6.07) is 1.92. The highest BCUT2D eigenvalue weighted by atomic mass is 16.4. The predicted molar refractivity (Wildman–Crippen MR) is 74.3 cm³/mol. The molecule has 8 heteroatoms. The lowest BCUT2D eigenvalue weighted by Crippen LogP contribution is -2.46. The van der Waals surface area contributed by atoms with Crippen LogP contribution in [0.15, 0.2) is 24.5 Å². The van der Waals surface area contributed by atoms with E-state index in [0.29, 0.717) is 13.0 Å². The number of aromatic nitrogens is 1. The number of pyridine rings is 1. The van der Waals surface area contributed by atoms with E-state index in [1.807, 2.05) is 6.07 Å². The Hall–Kier alpha value is -2.64. The second-order valence-corrected chi connectivity index (χ2v) is 4.41. The molecule has 1 rings (SSSR count). The van der Waals surface area contributed by atoms with Crippen molar-refractivity contribution in [1.29, 1.82) is 0 Å². The van der Waals surface area contributed by atoms with Gasteiger partial charge in [0.2, 0.25) is 5.91 Å². The summed E-state index contributed by atoms with van der Waals surface area (Å²) in [5, 5.41) is 13.8. The van der Waals surface area contributed by atoms with Gasteiger partial charge in [0.15, 0.2) is 0 Å². The fourth-order valence-electron chi connectivity index (χ4n) is 1.62. The Kier molecular flexibility index (Phi) is 6.66. The molecule has 3 amide bonds. The fraction of sp³-hybridized carbons (Fsp3) is 0.385. The number of rotatable bonds is 8. The summed E-state index contributed by atoms with van der Waals surface area (Å²) in [5.41, 5.74) is 5.91. The third kappa shape index (κ3) is 6.90. The molecular formula is C13H18N4O4. The molecule has 0 aromatic carbocycles. The number of nitrogens with zero attached hydrogens (tertiary/aromatic N) is 1. The SMILES string of the molecule is NC(=O)CCC(NC(=O)NCCc1cccnc1)C(=O)O. The summed E-state index contributed by atoms with van der Waals surface area (Å²) in [6.45, 7) is 0.347. The zero-order valence-corrected chi connectivity index (χ0v) is 11.4. The van der Waals surface area contributed by atoms with Crippen molar-refractivity contribution in [2.45, 2.75) is 25.3 Å². The van der Waals surface area contributed by atoms with Crippen LogP contribution in [0.1, 0.15) is 18.4 Å². The summed E-state index contributed by atoms with van der Waals surface area (Å²) in [6.07, 6.45) is 3.78. The Labute approximate surface area is 121 Å². The van der Waals surface area contributed by atoms with Crippen molar-refractivity contribution in [3.05, 3.63) is 30.1 Å². The summed E-state index contributed by atoms with van der Waals surface area (Å²) in [7, 11) is 0. The van der Waals surface area contributed by atoms with Gasteiger partial charge in [-0.1, -0.05) is 6.07 Å². The van der Waals surface area contributed by atoms with Crippen molar-refractivity contribution in [1.82, 2.24) is 15.6 Å². The van der Waals surface area contributed by atoms with Gasteiger partial charge in [-0.2, -0.15) is 0 Å². The molecule has 1 aromatic rings. The highest BCUT2D eigenvalue weighted by molar-refractivity contribution is 5.83. The maximum atomic E-state index is 11.6. The highest BCUT2D eigenvalue weighted by Crippen LogP contribution is 1.98. The zero-order valence-electron chi connectivity index (χ0n) is 11.4. The van der Waals surface area contributed by atoms with E-state index in [-0.39, 0.29) is 12.8 Å². The predicted octanol–water partition coefficient (Wildman–Crippen LogP) is -0.358. The van der Waals surface area contributed by atoms with Gasteiger partial charge in [-0.25, -0.2) is 9.59 Å². The average molecular weight is 294 g/mol. The van der Waals surface area contributed by atoms with Gasteiger partial charge in [0.25, 0.3) is 0 Å². The first-order valence-corrected chi connectivity index (χ1v) is 6.43. The first kappa shape index (κ1) is 16.4. The number of carboxylic acids is 1. The summed E-state index contributed by atoms with van der Waals surface area (Å²) >= 11 is 0. The van der Waals surface area contributed by atoms with Crippen LogP contribution in [-0.4, -0.2) is 40.6 Å². The standard InChI is InChI=1S/C13H18N4O4/c14-11(18)4-3-10(12(19)20)17-13(21)16-7-5-9-2-1-6-15-8-9/h1-2,6,8,10H,3-5,7H2,(H2,14,18)(H,19,20)(H2,16,17,21). The van der Waals surface area contributed by atoms with Crippen molar-refractivity contribution in [3.8, 4) is 0 Å². The Morgan fingerprint density at radius 2 is 2.14 bits per heavy atom. The minimum absolute atomic E-state index is 0.0410. The molecule has 5 N–H and O–H groups in total. The molecule has 0 aliphatic rings. The molecule has 0 fully saturated rings. The first-order chi connectivity index (χ1) is 9.99. The van der Waals surface area contributed by atoms with Gasteiger partial charge in [0, 0.05) is 25.4 Å². The average Bonchev–Trinajstić information content (AvgIpc) is 2.44. The first-order valence-electron chi connectivity index (χ1n) is 6.43. The van der Waals surface area contributed by atoms with E-state index in [2.05, 4.69) is 15.6 Å². The molecule has 0 bridgehead atoms. The van der Waals surface area contributed by atoms with Gasteiger partial charge in [0.05, 0.1) is 0 Å². The Bertz CT molecular complexity index is 492.